The molecule has 0 bridgehead atoms. The number of rotatable bonds is 28. The Kier molecular flexibility index (Phi) is 23.6. The first kappa shape index (κ1) is 34.2. The van der Waals surface area contributed by atoms with E-state index in [4.69, 9.17) is 0 Å². The van der Waals surface area contributed by atoms with Crippen molar-refractivity contribution in [2.45, 2.75) is 207 Å². The summed E-state index contributed by atoms with van der Waals surface area (Å²) in [6.07, 6.45) is 41.5. The van der Waals surface area contributed by atoms with E-state index in [0.29, 0.717) is 12.0 Å². The minimum atomic E-state index is 0.620. The average molecular weight is 518 g/mol. The van der Waals surface area contributed by atoms with E-state index in [2.05, 4.69) is 49.6 Å². The summed E-state index contributed by atoms with van der Waals surface area (Å²) in [6, 6.07) is 0.620. The fourth-order valence-corrected chi connectivity index (χ4v) is 5.99. The molecule has 0 fully saturated rings. The molecule has 0 amide bonds. The zero-order valence-corrected chi connectivity index (χ0v) is 26.1. The number of H-pyrrole nitrogens is 1. The zero-order valence-electron chi connectivity index (χ0n) is 26.1. The lowest BCUT2D eigenvalue weighted by Crippen LogP contribution is -2.40. The second-order valence-electron chi connectivity index (χ2n) is 12.4. The van der Waals surface area contributed by atoms with Crippen LogP contribution in [-0.4, -0.2) is 4.98 Å². The number of imidazole rings is 1. The Hall–Kier alpha value is -0.790. The summed E-state index contributed by atoms with van der Waals surface area (Å²) in [5, 5.41) is 0. The van der Waals surface area contributed by atoms with Crippen molar-refractivity contribution in [1.29, 1.82) is 0 Å². The summed E-state index contributed by atoms with van der Waals surface area (Å²) in [5.41, 5.74) is 0. The van der Waals surface area contributed by atoms with Crippen LogP contribution in [0.15, 0.2) is 12.4 Å². The second-order valence-corrected chi connectivity index (χ2v) is 12.4. The van der Waals surface area contributed by atoms with Crippen molar-refractivity contribution in [3.05, 3.63) is 18.2 Å². The van der Waals surface area contributed by atoms with Crippen molar-refractivity contribution in [3.63, 3.8) is 0 Å². The van der Waals surface area contributed by atoms with Crippen LogP contribution in [0.25, 0.3) is 0 Å². The summed E-state index contributed by atoms with van der Waals surface area (Å²) in [5.74, 6) is 2.09. The Morgan fingerprint density at radius 3 is 1.27 bits per heavy atom. The number of hydrogen-bond acceptors (Lipinski definition) is 0. The van der Waals surface area contributed by atoms with Gasteiger partial charge in [0.25, 0.3) is 5.82 Å². The first-order valence-corrected chi connectivity index (χ1v) is 17.3. The molecule has 1 N–H and O–H groups in total. The van der Waals surface area contributed by atoms with Gasteiger partial charge in [-0.2, -0.15) is 0 Å². The molecule has 2 unspecified atom stereocenters. The Balaban J connectivity index is 1.99. The van der Waals surface area contributed by atoms with E-state index in [0.717, 1.165) is 0 Å². The number of aromatic amines is 1. The maximum absolute atomic E-state index is 3.58. The smallest absolute Gasteiger partial charge is 0.247 e. The first-order valence-electron chi connectivity index (χ1n) is 17.3. The van der Waals surface area contributed by atoms with Gasteiger partial charge >= 0.3 is 0 Å². The molecule has 37 heavy (non-hydrogen) atoms. The van der Waals surface area contributed by atoms with Crippen LogP contribution in [0.1, 0.15) is 212 Å². The molecule has 1 aromatic heterocycles. The van der Waals surface area contributed by atoms with Gasteiger partial charge < -0.3 is 0 Å². The molecule has 0 radical (unpaired) electrons. The van der Waals surface area contributed by atoms with E-state index < -0.39 is 0 Å². The third kappa shape index (κ3) is 19.0. The van der Waals surface area contributed by atoms with Crippen LogP contribution in [-0.2, 0) is 0 Å². The van der Waals surface area contributed by atoms with Crippen LogP contribution in [0.3, 0.4) is 0 Å². The standard InChI is InChI=1S/C35H68N2/c1-5-7-9-11-13-15-16-17-18-19-20-21-22-23-25-27-29-33(3)35-36-31-32-37(35)34(4)30-28-26-24-14-12-10-8-6-2/h31-34H,5-30H2,1-4H3/p+1. The van der Waals surface area contributed by atoms with Gasteiger partial charge in [-0.25, -0.2) is 9.55 Å². The van der Waals surface area contributed by atoms with E-state index in [1.807, 2.05) is 0 Å². The summed E-state index contributed by atoms with van der Waals surface area (Å²) >= 11 is 0. The Morgan fingerprint density at radius 1 is 0.514 bits per heavy atom. The molecule has 0 saturated carbocycles. The van der Waals surface area contributed by atoms with Gasteiger partial charge in [0.05, 0.1) is 12.0 Å². The van der Waals surface area contributed by atoms with Gasteiger partial charge in [0.2, 0.25) is 0 Å². The third-order valence-corrected chi connectivity index (χ3v) is 8.65. The quantitative estimate of drug-likeness (QED) is 0.0842. The average Bonchev–Trinajstić information content (AvgIpc) is 3.40. The predicted molar refractivity (Wildman–Crippen MR) is 166 cm³/mol. The van der Waals surface area contributed by atoms with E-state index >= 15 is 0 Å². The SMILES string of the molecule is CCCCCCCCCCCCCCCCCCC(C)c1[nH]cc[n+]1C(C)CCCCCCCCCC. The lowest BCUT2D eigenvalue weighted by atomic mass is 9.99. The second kappa shape index (κ2) is 25.5. The maximum atomic E-state index is 3.58. The van der Waals surface area contributed by atoms with E-state index in [-0.39, 0.29) is 0 Å². The predicted octanol–water partition coefficient (Wildman–Crippen LogP) is 12.1. The van der Waals surface area contributed by atoms with Crippen LogP contribution >= 0.6 is 0 Å². The lowest BCUT2D eigenvalue weighted by molar-refractivity contribution is -0.727. The zero-order chi connectivity index (χ0) is 26.8. The summed E-state index contributed by atoms with van der Waals surface area (Å²) in [7, 11) is 0. The molecule has 1 heterocycles. The topological polar surface area (TPSA) is 19.7 Å². The minimum Gasteiger partial charge on any atom is -0.247 e. The number of aromatic nitrogens is 2. The van der Waals surface area contributed by atoms with Crippen LogP contribution in [0.5, 0.6) is 0 Å². The van der Waals surface area contributed by atoms with Crippen molar-refractivity contribution in [2.24, 2.45) is 0 Å². The van der Waals surface area contributed by atoms with Gasteiger partial charge in [-0.15, -0.1) is 0 Å². The summed E-state index contributed by atoms with van der Waals surface area (Å²) in [4.78, 5) is 3.58. The normalized spacial score (nSPS) is 13.3. The van der Waals surface area contributed by atoms with Crippen molar-refractivity contribution in [2.75, 3.05) is 0 Å². The molecule has 2 nitrogen and oxygen atoms in total. The molecule has 2 atom stereocenters. The number of unbranched alkanes of at least 4 members (excludes halogenated alkanes) is 22. The van der Waals surface area contributed by atoms with Crippen molar-refractivity contribution >= 4 is 0 Å². The van der Waals surface area contributed by atoms with Crippen LogP contribution < -0.4 is 4.57 Å². The Labute approximate surface area is 234 Å². The van der Waals surface area contributed by atoms with Gasteiger partial charge in [0, 0.05) is 0 Å². The molecule has 1 rings (SSSR count). The summed E-state index contributed by atoms with van der Waals surface area (Å²) < 4.78 is 2.54. The molecular formula is C35H69N2+. The molecule has 0 aliphatic rings. The lowest BCUT2D eigenvalue weighted by Gasteiger charge is -2.14. The fourth-order valence-electron chi connectivity index (χ4n) is 5.99. The molecule has 218 valence electrons. The number of nitrogens with one attached hydrogen (secondary N) is 1. The van der Waals surface area contributed by atoms with Gasteiger partial charge in [-0.1, -0.05) is 168 Å². The first-order chi connectivity index (χ1) is 18.2. The van der Waals surface area contributed by atoms with E-state index in [1.165, 1.54) is 173 Å². The Bertz CT molecular complexity index is 578. The third-order valence-electron chi connectivity index (χ3n) is 8.65. The van der Waals surface area contributed by atoms with Gasteiger partial charge in [-0.05, 0) is 26.2 Å². The number of nitrogens with zero attached hydrogens (tertiary/aromatic N) is 1. The molecule has 0 aliphatic carbocycles. The van der Waals surface area contributed by atoms with Crippen molar-refractivity contribution in [3.8, 4) is 0 Å². The molecule has 0 spiro atoms. The number of hydrogen-bond donors (Lipinski definition) is 1. The highest BCUT2D eigenvalue weighted by atomic mass is 15.1. The molecule has 0 aliphatic heterocycles. The minimum absolute atomic E-state index is 0.620. The molecule has 2 heteroatoms. The highest BCUT2D eigenvalue weighted by Gasteiger charge is 2.22. The highest BCUT2D eigenvalue weighted by molar-refractivity contribution is 4.87. The van der Waals surface area contributed by atoms with Crippen LogP contribution in [0.2, 0.25) is 0 Å². The molecule has 1 aromatic rings. The largest absolute Gasteiger partial charge is 0.257 e. The monoisotopic (exact) mass is 518 g/mol. The van der Waals surface area contributed by atoms with Gasteiger partial charge in [0.15, 0.2) is 0 Å². The Morgan fingerprint density at radius 2 is 0.865 bits per heavy atom. The molecular weight excluding hydrogens is 448 g/mol. The van der Waals surface area contributed by atoms with Crippen molar-refractivity contribution < 1.29 is 4.57 Å². The van der Waals surface area contributed by atoms with E-state index in [1.54, 1.807) is 0 Å². The molecule has 0 saturated heterocycles. The fraction of sp³-hybridized carbons (Fsp3) is 0.914. The molecule has 0 aromatic carbocycles. The van der Waals surface area contributed by atoms with Crippen molar-refractivity contribution in [1.82, 2.24) is 4.98 Å². The van der Waals surface area contributed by atoms with Crippen LogP contribution in [0.4, 0.5) is 0 Å². The summed E-state index contributed by atoms with van der Waals surface area (Å²) in [6.45, 7) is 9.45. The highest BCUT2D eigenvalue weighted by Crippen LogP contribution is 2.21. The maximum Gasteiger partial charge on any atom is 0.257 e. The van der Waals surface area contributed by atoms with Gasteiger partial charge in [0.1, 0.15) is 12.4 Å². The van der Waals surface area contributed by atoms with Crippen LogP contribution in [0, 0.1) is 0 Å². The van der Waals surface area contributed by atoms with Gasteiger partial charge in [-0.3, -0.25) is 0 Å². The van der Waals surface area contributed by atoms with E-state index in [9.17, 15) is 0 Å².